The lowest BCUT2D eigenvalue weighted by Crippen LogP contribution is -2.18. The van der Waals surface area contributed by atoms with Gasteiger partial charge in [-0.25, -0.2) is 5.43 Å². The first-order chi connectivity index (χ1) is 12.5. The Morgan fingerprint density at radius 1 is 1.38 bits per heavy atom. The van der Waals surface area contributed by atoms with Gasteiger partial charge in [0.25, 0.3) is 5.91 Å². The first kappa shape index (κ1) is 18.5. The van der Waals surface area contributed by atoms with Crippen LogP contribution in [0.4, 0.5) is 0 Å². The zero-order valence-corrected chi connectivity index (χ0v) is 15.9. The molecule has 136 valence electrons. The molecule has 0 radical (unpaired) electrons. The Bertz CT molecular complexity index is 868. The summed E-state index contributed by atoms with van der Waals surface area (Å²) in [6, 6.07) is 8.49. The van der Waals surface area contributed by atoms with Crippen LogP contribution >= 0.6 is 23.2 Å². The van der Waals surface area contributed by atoms with E-state index in [0.717, 1.165) is 23.3 Å². The predicted molar refractivity (Wildman–Crippen MR) is 103 cm³/mol. The highest BCUT2D eigenvalue weighted by molar-refractivity contribution is 6.35. The SMILES string of the molecule is CCOc1cc2c(cc1/C=N\NC(=O)c1cc(Cl)ccc1Cl)O[C@@H](C)C2. The highest BCUT2D eigenvalue weighted by atomic mass is 35.5. The summed E-state index contributed by atoms with van der Waals surface area (Å²) >= 11 is 11.9. The standard InChI is InChI=1S/C19H18Cl2N2O3/c1-3-25-17-7-12-6-11(2)26-18(12)8-13(17)10-22-23-19(24)15-9-14(20)4-5-16(15)21/h4-5,7-11H,3,6H2,1-2H3,(H,23,24)/b22-10-/t11-/m0/s1. The molecule has 0 saturated heterocycles. The molecule has 1 N–H and O–H groups in total. The van der Waals surface area contributed by atoms with Gasteiger partial charge < -0.3 is 9.47 Å². The summed E-state index contributed by atoms with van der Waals surface area (Å²) in [4.78, 5) is 12.2. The lowest BCUT2D eigenvalue weighted by molar-refractivity contribution is 0.0955. The molecule has 1 heterocycles. The Kier molecular flexibility index (Phi) is 5.69. The van der Waals surface area contributed by atoms with Gasteiger partial charge in [-0.2, -0.15) is 5.10 Å². The molecule has 0 unspecified atom stereocenters. The van der Waals surface area contributed by atoms with Gasteiger partial charge in [-0.1, -0.05) is 23.2 Å². The van der Waals surface area contributed by atoms with Crippen LogP contribution in [0.2, 0.25) is 10.0 Å². The zero-order chi connectivity index (χ0) is 18.7. The topological polar surface area (TPSA) is 59.9 Å². The fourth-order valence-corrected chi connectivity index (χ4v) is 3.10. The first-order valence-electron chi connectivity index (χ1n) is 8.22. The second-order valence-electron chi connectivity index (χ2n) is 5.89. The number of amides is 1. The fraction of sp³-hybridized carbons (Fsp3) is 0.263. The van der Waals surface area contributed by atoms with Crippen molar-refractivity contribution < 1.29 is 14.3 Å². The number of nitrogens with zero attached hydrogens (tertiary/aromatic N) is 1. The monoisotopic (exact) mass is 392 g/mol. The molecule has 0 bridgehead atoms. The second-order valence-corrected chi connectivity index (χ2v) is 6.73. The number of nitrogens with one attached hydrogen (secondary N) is 1. The van der Waals surface area contributed by atoms with Crippen LogP contribution in [0.5, 0.6) is 11.5 Å². The van der Waals surface area contributed by atoms with Crippen LogP contribution < -0.4 is 14.9 Å². The Labute approximate surface area is 161 Å². The summed E-state index contributed by atoms with van der Waals surface area (Å²) in [5.74, 6) is 1.06. The van der Waals surface area contributed by atoms with E-state index in [9.17, 15) is 4.79 Å². The Balaban J connectivity index is 1.79. The van der Waals surface area contributed by atoms with Gasteiger partial charge in [-0.3, -0.25) is 4.79 Å². The van der Waals surface area contributed by atoms with Crippen LogP contribution in [0, 0.1) is 0 Å². The number of halogens is 2. The molecule has 1 atom stereocenters. The number of ether oxygens (including phenoxy) is 2. The number of hydrogen-bond donors (Lipinski definition) is 1. The minimum absolute atomic E-state index is 0.135. The van der Waals surface area contributed by atoms with Crippen molar-refractivity contribution in [3.63, 3.8) is 0 Å². The third kappa shape index (κ3) is 4.11. The van der Waals surface area contributed by atoms with Crippen molar-refractivity contribution in [1.82, 2.24) is 5.43 Å². The summed E-state index contributed by atoms with van der Waals surface area (Å²) in [5, 5.41) is 4.74. The summed E-state index contributed by atoms with van der Waals surface area (Å²) in [7, 11) is 0. The molecule has 2 aromatic rings. The van der Waals surface area contributed by atoms with E-state index in [2.05, 4.69) is 10.5 Å². The molecule has 1 amide bonds. The number of hydrazone groups is 1. The quantitative estimate of drug-likeness (QED) is 0.602. The van der Waals surface area contributed by atoms with Gasteiger partial charge in [-0.15, -0.1) is 0 Å². The van der Waals surface area contributed by atoms with Crippen LogP contribution in [0.1, 0.15) is 35.3 Å². The van der Waals surface area contributed by atoms with Gasteiger partial charge in [0.05, 0.1) is 23.4 Å². The van der Waals surface area contributed by atoms with Gasteiger partial charge >= 0.3 is 0 Å². The van der Waals surface area contributed by atoms with E-state index in [-0.39, 0.29) is 11.7 Å². The number of fused-ring (bicyclic) bond motifs is 1. The number of carbonyl (C=O) groups is 1. The molecule has 2 aromatic carbocycles. The summed E-state index contributed by atoms with van der Waals surface area (Å²) in [5.41, 5.74) is 4.53. The van der Waals surface area contributed by atoms with Crippen molar-refractivity contribution in [2.45, 2.75) is 26.4 Å². The molecule has 0 aliphatic carbocycles. The van der Waals surface area contributed by atoms with E-state index in [1.165, 1.54) is 12.3 Å². The van der Waals surface area contributed by atoms with Crippen molar-refractivity contribution in [2.75, 3.05) is 6.61 Å². The largest absolute Gasteiger partial charge is 0.493 e. The molecule has 7 heteroatoms. The van der Waals surface area contributed by atoms with Gasteiger partial charge in [-0.05, 0) is 44.2 Å². The Morgan fingerprint density at radius 3 is 2.96 bits per heavy atom. The lowest BCUT2D eigenvalue weighted by atomic mass is 10.1. The molecule has 1 aliphatic rings. The van der Waals surface area contributed by atoms with Crippen molar-refractivity contribution in [3.05, 3.63) is 57.1 Å². The van der Waals surface area contributed by atoms with Gasteiger partial charge in [0.15, 0.2) is 0 Å². The maximum absolute atomic E-state index is 12.2. The summed E-state index contributed by atoms with van der Waals surface area (Å²) in [6.07, 6.45) is 2.50. The lowest BCUT2D eigenvalue weighted by Gasteiger charge is -2.09. The average molecular weight is 393 g/mol. The minimum atomic E-state index is -0.447. The third-order valence-corrected chi connectivity index (χ3v) is 4.44. The summed E-state index contributed by atoms with van der Waals surface area (Å²) < 4.78 is 11.4. The second kappa shape index (κ2) is 7.98. The van der Waals surface area contributed by atoms with Gasteiger partial charge in [0.2, 0.25) is 0 Å². The maximum Gasteiger partial charge on any atom is 0.272 e. The van der Waals surface area contributed by atoms with Crippen molar-refractivity contribution >= 4 is 35.3 Å². The zero-order valence-electron chi connectivity index (χ0n) is 14.4. The molecule has 5 nitrogen and oxygen atoms in total. The number of benzene rings is 2. The maximum atomic E-state index is 12.2. The minimum Gasteiger partial charge on any atom is -0.493 e. The fourth-order valence-electron chi connectivity index (χ4n) is 2.73. The van der Waals surface area contributed by atoms with E-state index in [1.807, 2.05) is 26.0 Å². The van der Waals surface area contributed by atoms with Crippen LogP contribution in [0.15, 0.2) is 35.4 Å². The molecule has 0 aromatic heterocycles. The number of carbonyl (C=O) groups excluding carboxylic acids is 1. The Hall–Kier alpha value is -2.24. The van der Waals surface area contributed by atoms with Crippen molar-refractivity contribution in [2.24, 2.45) is 5.10 Å². The average Bonchev–Trinajstić information content (AvgIpc) is 2.96. The van der Waals surface area contributed by atoms with Crippen LogP contribution in [-0.4, -0.2) is 24.8 Å². The third-order valence-electron chi connectivity index (χ3n) is 3.87. The van der Waals surface area contributed by atoms with Crippen molar-refractivity contribution in [1.29, 1.82) is 0 Å². The predicted octanol–water partition coefficient (Wildman–Crippen LogP) is 4.48. The smallest absolute Gasteiger partial charge is 0.272 e. The molecule has 1 aliphatic heterocycles. The molecule has 3 rings (SSSR count). The Morgan fingerprint density at radius 2 is 2.19 bits per heavy atom. The van der Waals surface area contributed by atoms with Crippen LogP contribution in [-0.2, 0) is 6.42 Å². The van der Waals surface area contributed by atoms with E-state index in [1.54, 1.807) is 12.1 Å². The molecule has 0 spiro atoms. The molecular formula is C19H18Cl2N2O3. The van der Waals surface area contributed by atoms with Gasteiger partial charge in [0, 0.05) is 22.6 Å². The van der Waals surface area contributed by atoms with Crippen LogP contribution in [0.25, 0.3) is 0 Å². The van der Waals surface area contributed by atoms with E-state index >= 15 is 0 Å². The highest BCUT2D eigenvalue weighted by Crippen LogP contribution is 2.34. The molecule has 26 heavy (non-hydrogen) atoms. The highest BCUT2D eigenvalue weighted by Gasteiger charge is 2.21. The normalized spacial score (nSPS) is 15.6. The van der Waals surface area contributed by atoms with Crippen molar-refractivity contribution in [3.8, 4) is 11.5 Å². The van der Waals surface area contributed by atoms with Gasteiger partial charge in [0.1, 0.15) is 17.6 Å². The van der Waals surface area contributed by atoms with E-state index in [0.29, 0.717) is 22.4 Å². The molecule has 0 fully saturated rings. The number of rotatable bonds is 5. The molecule has 0 saturated carbocycles. The molecular weight excluding hydrogens is 375 g/mol. The number of hydrogen-bond acceptors (Lipinski definition) is 4. The van der Waals surface area contributed by atoms with E-state index < -0.39 is 5.91 Å². The first-order valence-corrected chi connectivity index (χ1v) is 8.98. The van der Waals surface area contributed by atoms with Crippen LogP contribution in [0.3, 0.4) is 0 Å². The van der Waals surface area contributed by atoms with E-state index in [4.69, 9.17) is 32.7 Å². The summed E-state index contributed by atoms with van der Waals surface area (Å²) in [6.45, 7) is 4.46.